The second-order valence-electron chi connectivity index (χ2n) is 6.47. The predicted octanol–water partition coefficient (Wildman–Crippen LogP) is 2.40. The molecule has 4 heteroatoms. The van der Waals surface area contributed by atoms with Crippen LogP contribution in [0.2, 0.25) is 0 Å². The Morgan fingerprint density at radius 2 is 2.05 bits per heavy atom. The standard InChI is InChI=1S/C18H24N2O2/c1-11-6-7-12(2)18-17(11)16(22)8-14(20-18)9-19-15-5-3-4-13(15)10-21/h6-8,13,15,19,21H,3-5,9-10H2,1-2H3,(H,20,22)/t13-,15-/m1/s1. The largest absolute Gasteiger partial charge is 0.396 e. The number of aryl methyl sites for hydroxylation is 2. The van der Waals surface area contributed by atoms with Crippen LogP contribution >= 0.6 is 0 Å². The van der Waals surface area contributed by atoms with Crippen molar-refractivity contribution in [2.75, 3.05) is 6.61 Å². The van der Waals surface area contributed by atoms with Crippen LogP contribution in [0, 0.1) is 19.8 Å². The van der Waals surface area contributed by atoms with Crippen LogP contribution in [0.3, 0.4) is 0 Å². The van der Waals surface area contributed by atoms with E-state index in [0.29, 0.717) is 18.5 Å². The zero-order valence-electron chi connectivity index (χ0n) is 13.3. The number of nitrogens with one attached hydrogen (secondary N) is 2. The highest BCUT2D eigenvalue weighted by atomic mass is 16.3. The van der Waals surface area contributed by atoms with Crippen molar-refractivity contribution >= 4 is 10.9 Å². The van der Waals surface area contributed by atoms with Gasteiger partial charge in [-0.25, -0.2) is 0 Å². The summed E-state index contributed by atoms with van der Waals surface area (Å²) in [6.45, 7) is 4.87. The molecule has 1 aromatic carbocycles. The van der Waals surface area contributed by atoms with E-state index in [1.807, 2.05) is 26.0 Å². The Hall–Kier alpha value is -1.65. The molecule has 1 heterocycles. The van der Waals surface area contributed by atoms with E-state index in [-0.39, 0.29) is 12.0 Å². The van der Waals surface area contributed by atoms with E-state index in [9.17, 15) is 9.90 Å². The third-order valence-corrected chi connectivity index (χ3v) is 4.91. The molecule has 0 spiro atoms. The second kappa shape index (κ2) is 6.23. The van der Waals surface area contributed by atoms with Gasteiger partial charge in [-0.1, -0.05) is 18.6 Å². The maximum Gasteiger partial charge on any atom is 0.189 e. The number of pyridine rings is 1. The Bertz CT molecular complexity index is 736. The number of aliphatic hydroxyl groups excluding tert-OH is 1. The first-order valence-electron chi connectivity index (χ1n) is 8.06. The molecule has 3 N–H and O–H groups in total. The van der Waals surface area contributed by atoms with E-state index in [0.717, 1.165) is 47.0 Å². The van der Waals surface area contributed by atoms with Crippen molar-refractivity contribution in [2.24, 2.45) is 5.92 Å². The molecular formula is C18H24N2O2. The molecule has 3 rings (SSSR count). The van der Waals surface area contributed by atoms with E-state index < -0.39 is 0 Å². The Labute approximate surface area is 130 Å². The lowest BCUT2D eigenvalue weighted by Crippen LogP contribution is -2.34. The van der Waals surface area contributed by atoms with Crippen LogP contribution in [0.15, 0.2) is 23.0 Å². The Morgan fingerprint density at radius 1 is 1.27 bits per heavy atom. The zero-order valence-corrected chi connectivity index (χ0v) is 13.3. The summed E-state index contributed by atoms with van der Waals surface area (Å²) in [6.07, 6.45) is 3.34. The summed E-state index contributed by atoms with van der Waals surface area (Å²) in [5.74, 6) is 0.344. The molecule has 118 valence electrons. The van der Waals surface area contributed by atoms with Crippen molar-refractivity contribution in [3.63, 3.8) is 0 Å². The van der Waals surface area contributed by atoms with Crippen LogP contribution in [0.1, 0.15) is 36.1 Å². The summed E-state index contributed by atoms with van der Waals surface area (Å²) in [7, 11) is 0. The topological polar surface area (TPSA) is 65.1 Å². The van der Waals surface area contributed by atoms with Gasteiger partial charge in [0, 0.05) is 36.3 Å². The SMILES string of the molecule is Cc1ccc(C)c2c(=O)cc(CN[C@@H]3CCC[C@@H]3CO)[nH]c12. The first-order chi connectivity index (χ1) is 10.6. The third kappa shape index (κ3) is 2.81. The number of hydrogen-bond acceptors (Lipinski definition) is 3. The van der Waals surface area contributed by atoms with Gasteiger partial charge < -0.3 is 15.4 Å². The molecule has 0 unspecified atom stereocenters. The number of aromatic amines is 1. The van der Waals surface area contributed by atoms with Crippen molar-refractivity contribution < 1.29 is 5.11 Å². The van der Waals surface area contributed by atoms with E-state index in [2.05, 4.69) is 10.3 Å². The lowest BCUT2D eigenvalue weighted by atomic mass is 10.0. The van der Waals surface area contributed by atoms with Crippen LogP contribution in [0.5, 0.6) is 0 Å². The highest BCUT2D eigenvalue weighted by Crippen LogP contribution is 2.25. The Kier molecular flexibility index (Phi) is 4.32. The fraction of sp³-hybridized carbons (Fsp3) is 0.500. The van der Waals surface area contributed by atoms with Crippen LogP contribution < -0.4 is 10.7 Å². The molecule has 0 bridgehead atoms. The van der Waals surface area contributed by atoms with Crippen LogP contribution in [0.4, 0.5) is 0 Å². The predicted molar refractivity (Wildman–Crippen MR) is 89.1 cm³/mol. The first-order valence-corrected chi connectivity index (χ1v) is 8.06. The number of benzene rings is 1. The molecule has 22 heavy (non-hydrogen) atoms. The van der Waals surface area contributed by atoms with Crippen LogP contribution in [-0.2, 0) is 6.54 Å². The number of aliphatic hydroxyl groups is 1. The smallest absolute Gasteiger partial charge is 0.189 e. The van der Waals surface area contributed by atoms with Gasteiger partial charge in [0.05, 0.1) is 5.52 Å². The normalized spacial score (nSPS) is 21.6. The second-order valence-corrected chi connectivity index (χ2v) is 6.47. The van der Waals surface area contributed by atoms with Gasteiger partial charge in [-0.05, 0) is 43.7 Å². The zero-order chi connectivity index (χ0) is 15.7. The summed E-state index contributed by atoms with van der Waals surface area (Å²) in [4.78, 5) is 15.8. The molecule has 1 aromatic heterocycles. The average molecular weight is 300 g/mol. The van der Waals surface area contributed by atoms with E-state index in [1.165, 1.54) is 0 Å². The van der Waals surface area contributed by atoms with Gasteiger partial charge in [-0.2, -0.15) is 0 Å². The molecule has 1 saturated carbocycles. The summed E-state index contributed by atoms with van der Waals surface area (Å²) in [5.41, 5.74) is 4.03. The van der Waals surface area contributed by atoms with Gasteiger partial charge in [0.1, 0.15) is 0 Å². The molecule has 1 aliphatic carbocycles. The van der Waals surface area contributed by atoms with Gasteiger partial charge in [-0.3, -0.25) is 4.79 Å². The van der Waals surface area contributed by atoms with Gasteiger partial charge in [0.15, 0.2) is 5.43 Å². The minimum Gasteiger partial charge on any atom is -0.396 e. The van der Waals surface area contributed by atoms with Crippen molar-refractivity contribution in [2.45, 2.75) is 45.7 Å². The minimum atomic E-state index is 0.0804. The van der Waals surface area contributed by atoms with Crippen molar-refractivity contribution in [1.29, 1.82) is 0 Å². The molecule has 0 radical (unpaired) electrons. The number of rotatable bonds is 4. The lowest BCUT2D eigenvalue weighted by Gasteiger charge is -2.19. The van der Waals surface area contributed by atoms with Crippen molar-refractivity contribution in [3.05, 3.63) is 45.2 Å². The molecular weight excluding hydrogens is 276 g/mol. The quantitative estimate of drug-likeness (QED) is 0.812. The molecule has 0 aliphatic heterocycles. The molecule has 4 nitrogen and oxygen atoms in total. The number of hydrogen-bond donors (Lipinski definition) is 3. The fourth-order valence-corrected chi connectivity index (χ4v) is 3.58. The summed E-state index contributed by atoms with van der Waals surface area (Å²) in [6, 6.07) is 6.09. The van der Waals surface area contributed by atoms with Gasteiger partial charge in [0.25, 0.3) is 0 Å². The average Bonchev–Trinajstić information content (AvgIpc) is 2.96. The maximum absolute atomic E-state index is 12.4. The first kappa shape index (κ1) is 15.3. The van der Waals surface area contributed by atoms with Gasteiger partial charge >= 0.3 is 0 Å². The lowest BCUT2D eigenvalue weighted by molar-refractivity contribution is 0.205. The molecule has 0 saturated heterocycles. The summed E-state index contributed by atoms with van der Waals surface area (Å²) in [5, 5.41) is 13.7. The Balaban J connectivity index is 1.86. The maximum atomic E-state index is 12.4. The number of H-pyrrole nitrogens is 1. The molecule has 1 fully saturated rings. The van der Waals surface area contributed by atoms with Gasteiger partial charge in [-0.15, -0.1) is 0 Å². The molecule has 2 aromatic rings. The molecule has 0 amide bonds. The van der Waals surface area contributed by atoms with Crippen LogP contribution in [-0.4, -0.2) is 22.7 Å². The summed E-state index contributed by atoms with van der Waals surface area (Å²) >= 11 is 0. The fourth-order valence-electron chi connectivity index (χ4n) is 3.58. The van der Waals surface area contributed by atoms with Gasteiger partial charge in [0.2, 0.25) is 0 Å². The van der Waals surface area contributed by atoms with E-state index >= 15 is 0 Å². The number of aromatic nitrogens is 1. The van der Waals surface area contributed by atoms with Crippen molar-refractivity contribution in [3.8, 4) is 0 Å². The Morgan fingerprint density at radius 3 is 2.82 bits per heavy atom. The van der Waals surface area contributed by atoms with E-state index in [4.69, 9.17) is 0 Å². The monoisotopic (exact) mass is 300 g/mol. The van der Waals surface area contributed by atoms with Crippen molar-refractivity contribution in [1.82, 2.24) is 10.3 Å². The third-order valence-electron chi connectivity index (χ3n) is 4.91. The highest BCUT2D eigenvalue weighted by molar-refractivity contribution is 5.84. The number of fused-ring (bicyclic) bond motifs is 1. The highest BCUT2D eigenvalue weighted by Gasteiger charge is 2.25. The van der Waals surface area contributed by atoms with E-state index in [1.54, 1.807) is 6.07 Å². The van der Waals surface area contributed by atoms with Crippen LogP contribution in [0.25, 0.3) is 10.9 Å². The molecule has 2 atom stereocenters. The minimum absolute atomic E-state index is 0.0804. The summed E-state index contributed by atoms with van der Waals surface area (Å²) < 4.78 is 0. The molecule has 1 aliphatic rings.